The summed E-state index contributed by atoms with van der Waals surface area (Å²) in [7, 11) is 0. The van der Waals surface area contributed by atoms with Gasteiger partial charge in [0.25, 0.3) is 0 Å². The minimum absolute atomic E-state index is 0.387. The Morgan fingerprint density at radius 1 is 1.11 bits per heavy atom. The third-order valence-electron chi connectivity index (χ3n) is 3.59. The van der Waals surface area contributed by atoms with Crippen LogP contribution in [0.4, 0.5) is 0 Å². The Hall–Kier alpha value is -1.45. The van der Waals surface area contributed by atoms with E-state index < -0.39 is 5.54 Å². The molecule has 1 N–H and O–H groups in total. The molecule has 0 aliphatic carbocycles. The van der Waals surface area contributed by atoms with Crippen molar-refractivity contribution in [3.05, 3.63) is 41.5 Å². The van der Waals surface area contributed by atoms with Crippen molar-refractivity contribution >= 4 is 11.9 Å². The van der Waals surface area contributed by atoms with E-state index in [4.69, 9.17) is 0 Å². The summed E-state index contributed by atoms with van der Waals surface area (Å²) in [6.07, 6.45) is 2.91. The lowest BCUT2D eigenvalue weighted by atomic mass is 9.90. The lowest BCUT2D eigenvalue weighted by molar-refractivity contribution is -0.180. The van der Waals surface area contributed by atoms with E-state index in [1.54, 1.807) is 12.1 Å². The van der Waals surface area contributed by atoms with Crippen LogP contribution in [0.3, 0.4) is 0 Å². The summed E-state index contributed by atoms with van der Waals surface area (Å²) >= 11 is 0. The van der Waals surface area contributed by atoms with Gasteiger partial charge in [-0.25, -0.2) is 0 Å². The van der Waals surface area contributed by atoms with Crippen molar-refractivity contribution in [2.75, 3.05) is 0 Å². The lowest BCUT2D eigenvalue weighted by Gasteiger charge is -2.36. The minimum Gasteiger partial charge on any atom is -0.312 e. The Morgan fingerprint density at radius 2 is 1.67 bits per heavy atom. The van der Waals surface area contributed by atoms with Gasteiger partial charge in [-0.2, -0.15) is 5.06 Å². The molecule has 0 bridgehead atoms. The number of rotatable bonds is 2. The predicted molar refractivity (Wildman–Crippen MR) is 71.6 cm³/mol. The summed E-state index contributed by atoms with van der Waals surface area (Å²) < 4.78 is 0. The van der Waals surface area contributed by atoms with E-state index in [1.807, 2.05) is 39.8 Å². The smallest absolute Gasteiger partial charge is 0.150 e. The van der Waals surface area contributed by atoms with Gasteiger partial charge in [0, 0.05) is 5.56 Å². The number of hydrogen-bond donors (Lipinski definition) is 1. The first kappa shape index (κ1) is 13.0. The molecule has 1 aromatic rings. The van der Waals surface area contributed by atoms with Crippen molar-refractivity contribution in [2.45, 2.75) is 38.8 Å². The first-order valence-electron chi connectivity index (χ1n) is 6.07. The molecule has 3 nitrogen and oxygen atoms in total. The van der Waals surface area contributed by atoms with E-state index in [0.717, 1.165) is 17.4 Å². The molecule has 0 atom stereocenters. The van der Waals surface area contributed by atoms with Crippen molar-refractivity contribution in [1.82, 2.24) is 5.06 Å². The van der Waals surface area contributed by atoms with E-state index in [2.05, 4.69) is 6.08 Å². The fraction of sp³-hybridized carbons (Fsp3) is 0.400. The van der Waals surface area contributed by atoms with Crippen LogP contribution in [0.15, 0.2) is 30.3 Å². The Bertz CT molecular complexity index is 498. The molecule has 96 valence electrons. The van der Waals surface area contributed by atoms with Crippen molar-refractivity contribution in [3.63, 3.8) is 0 Å². The molecule has 1 aliphatic heterocycles. The Balaban J connectivity index is 2.46. The highest BCUT2D eigenvalue weighted by Crippen LogP contribution is 2.43. The SMILES string of the molecule is CC1(C)C=C(c2ccc(C=O)cc2)C(C)(C)N1O. The number of benzene rings is 1. The van der Waals surface area contributed by atoms with Crippen LogP contribution in [0.5, 0.6) is 0 Å². The van der Waals surface area contributed by atoms with Gasteiger partial charge in [0.15, 0.2) is 0 Å². The molecule has 0 radical (unpaired) electrons. The summed E-state index contributed by atoms with van der Waals surface area (Å²) in [5.74, 6) is 0. The van der Waals surface area contributed by atoms with Crippen LogP contribution < -0.4 is 0 Å². The number of hydroxylamine groups is 2. The topological polar surface area (TPSA) is 40.5 Å². The van der Waals surface area contributed by atoms with Crippen molar-refractivity contribution in [2.24, 2.45) is 0 Å². The van der Waals surface area contributed by atoms with Crippen molar-refractivity contribution < 1.29 is 10.0 Å². The van der Waals surface area contributed by atoms with Crippen LogP contribution >= 0.6 is 0 Å². The number of carbonyl (C=O) groups is 1. The molecule has 0 aromatic heterocycles. The standard InChI is InChI=1S/C15H19NO2/c1-14(2)9-13(15(3,4)16(14)18)12-7-5-11(10-17)6-8-12/h5-10,18H,1-4H3. The van der Waals surface area contributed by atoms with Crippen LogP contribution in [0.1, 0.15) is 43.6 Å². The van der Waals surface area contributed by atoms with Gasteiger partial charge >= 0.3 is 0 Å². The van der Waals surface area contributed by atoms with Gasteiger partial charge in [-0.1, -0.05) is 30.3 Å². The molecule has 1 aromatic carbocycles. The zero-order valence-corrected chi connectivity index (χ0v) is 11.3. The average molecular weight is 245 g/mol. The first-order valence-corrected chi connectivity index (χ1v) is 6.07. The van der Waals surface area contributed by atoms with E-state index >= 15 is 0 Å². The van der Waals surface area contributed by atoms with E-state index in [0.29, 0.717) is 5.56 Å². The van der Waals surface area contributed by atoms with Gasteiger partial charge in [-0.05, 0) is 38.8 Å². The molecule has 0 fully saturated rings. The normalized spacial score (nSPS) is 21.7. The molecule has 0 saturated carbocycles. The summed E-state index contributed by atoms with van der Waals surface area (Å²) in [4.78, 5) is 10.7. The predicted octanol–water partition coefficient (Wildman–Crippen LogP) is 3.14. The Kier molecular flexibility index (Phi) is 2.92. The second-order valence-corrected chi connectivity index (χ2v) is 5.82. The molecule has 18 heavy (non-hydrogen) atoms. The molecular formula is C15H19NO2. The van der Waals surface area contributed by atoms with Gasteiger partial charge in [0.05, 0.1) is 11.1 Å². The van der Waals surface area contributed by atoms with E-state index in [1.165, 1.54) is 5.06 Å². The highest BCUT2D eigenvalue weighted by atomic mass is 16.5. The zero-order chi connectivity index (χ0) is 13.6. The number of hydrogen-bond acceptors (Lipinski definition) is 3. The third kappa shape index (κ3) is 1.89. The molecule has 3 heteroatoms. The largest absolute Gasteiger partial charge is 0.312 e. The fourth-order valence-electron chi connectivity index (χ4n) is 2.60. The second kappa shape index (κ2) is 4.04. The molecule has 0 unspecified atom stereocenters. The molecular weight excluding hydrogens is 226 g/mol. The van der Waals surface area contributed by atoms with Crippen molar-refractivity contribution in [1.29, 1.82) is 0 Å². The van der Waals surface area contributed by atoms with Gasteiger partial charge in [-0.15, -0.1) is 0 Å². The number of carbonyl (C=O) groups excluding carboxylic acids is 1. The average Bonchev–Trinajstić information content (AvgIpc) is 2.50. The minimum atomic E-state index is -0.438. The molecule has 0 saturated heterocycles. The quantitative estimate of drug-likeness (QED) is 0.814. The summed E-state index contributed by atoms with van der Waals surface area (Å²) in [6.45, 7) is 7.92. The van der Waals surface area contributed by atoms with E-state index in [-0.39, 0.29) is 5.54 Å². The highest BCUT2D eigenvalue weighted by molar-refractivity contribution is 5.79. The maximum atomic E-state index is 10.7. The summed E-state index contributed by atoms with van der Waals surface area (Å²) in [5.41, 5.74) is 1.95. The van der Waals surface area contributed by atoms with E-state index in [9.17, 15) is 10.0 Å². The third-order valence-corrected chi connectivity index (χ3v) is 3.59. The Morgan fingerprint density at radius 3 is 2.06 bits per heavy atom. The fourth-order valence-corrected chi connectivity index (χ4v) is 2.60. The maximum Gasteiger partial charge on any atom is 0.150 e. The summed E-state index contributed by atoms with van der Waals surface area (Å²) in [5, 5.41) is 11.6. The number of aldehydes is 1. The van der Waals surface area contributed by atoms with Crippen LogP contribution in [-0.2, 0) is 0 Å². The van der Waals surface area contributed by atoms with Crippen LogP contribution in [-0.4, -0.2) is 27.6 Å². The Labute approximate surface area is 108 Å². The molecule has 1 heterocycles. The first-order chi connectivity index (χ1) is 8.29. The lowest BCUT2D eigenvalue weighted by Crippen LogP contribution is -2.47. The number of nitrogens with zero attached hydrogens (tertiary/aromatic N) is 1. The maximum absolute atomic E-state index is 10.7. The zero-order valence-electron chi connectivity index (χ0n) is 11.3. The van der Waals surface area contributed by atoms with Gasteiger partial charge in [-0.3, -0.25) is 4.79 Å². The highest BCUT2D eigenvalue weighted by Gasteiger charge is 2.45. The van der Waals surface area contributed by atoms with Crippen LogP contribution in [0, 0.1) is 0 Å². The van der Waals surface area contributed by atoms with Crippen LogP contribution in [0.2, 0.25) is 0 Å². The second-order valence-electron chi connectivity index (χ2n) is 5.82. The van der Waals surface area contributed by atoms with Gasteiger partial charge in [0.1, 0.15) is 6.29 Å². The van der Waals surface area contributed by atoms with Gasteiger partial charge < -0.3 is 5.21 Å². The molecule has 0 amide bonds. The molecule has 0 spiro atoms. The van der Waals surface area contributed by atoms with Crippen molar-refractivity contribution in [3.8, 4) is 0 Å². The molecule has 1 aliphatic rings. The summed E-state index contributed by atoms with van der Waals surface area (Å²) in [6, 6.07) is 7.44. The van der Waals surface area contributed by atoms with Gasteiger partial charge in [0.2, 0.25) is 0 Å². The monoisotopic (exact) mass is 245 g/mol. The van der Waals surface area contributed by atoms with Crippen LogP contribution in [0.25, 0.3) is 5.57 Å². The molecule has 2 rings (SSSR count).